The number of anilines is 2. The van der Waals surface area contributed by atoms with Gasteiger partial charge in [0.25, 0.3) is 0 Å². The SMILES string of the molecule is Nc1cc(Cl)c(-c2nc3cnc(NCc4ccc(F)c(F)c4)nc3n2C[C@@H]2CCCNC2)c(Cl)c1. The van der Waals surface area contributed by atoms with Gasteiger partial charge in [0.2, 0.25) is 5.95 Å². The number of imidazole rings is 1. The molecule has 5 rings (SSSR count). The van der Waals surface area contributed by atoms with E-state index in [4.69, 9.17) is 38.9 Å². The highest BCUT2D eigenvalue weighted by atomic mass is 35.5. The van der Waals surface area contributed by atoms with Gasteiger partial charge in [0, 0.05) is 18.8 Å². The molecule has 2 aromatic heterocycles. The number of nitrogens with two attached hydrogens (primary N) is 1. The van der Waals surface area contributed by atoms with Crippen molar-refractivity contribution in [3.8, 4) is 11.4 Å². The Kier molecular flexibility index (Phi) is 6.73. The second kappa shape index (κ2) is 9.93. The number of rotatable bonds is 6. The monoisotopic (exact) mass is 517 g/mol. The van der Waals surface area contributed by atoms with Gasteiger partial charge < -0.3 is 20.9 Å². The van der Waals surface area contributed by atoms with Crippen LogP contribution in [0.15, 0.2) is 36.5 Å². The Hall–Kier alpha value is -3.01. The van der Waals surface area contributed by atoms with Crippen molar-refractivity contribution in [2.24, 2.45) is 5.92 Å². The van der Waals surface area contributed by atoms with E-state index in [1.165, 1.54) is 6.07 Å². The molecule has 0 spiro atoms. The van der Waals surface area contributed by atoms with Gasteiger partial charge in [-0.2, -0.15) is 4.98 Å². The van der Waals surface area contributed by atoms with Gasteiger partial charge in [0.05, 0.1) is 21.8 Å². The Morgan fingerprint density at radius 1 is 1.11 bits per heavy atom. The van der Waals surface area contributed by atoms with Crippen LogP contribution in [0.5, 0.6) is 0 Å². The molecule has 4 aromatic rings. The average Bonchev–Trinajstić information content (AvgIpc) is 3.17. The molecule has 1 atom stereocenters. The Balaban J connectivity index is 1.54. The van der Waals surface area contributed by atoms with Crippen molar-refractivity contribution < 1.29 is 8.78 Å². The summed E-state index contributed by atoms with van der Waals surface area (Å²) in [4.78, 5) is 13.8. The van der Waals surface area contributed by atoms with Gasteiger partial charge in [-0.15, -0.1) is 0 Å². The molecule has 1 aliphatic heterocycles. The number of halogens is 4. The number of nitrogen functional groups attached to an aromatic ring is 1. The Bertz CT molecular complexity index is 1360. The van der Waals surface area contributed by atoms with Crippen LogP contribution in [0.2, 0.25) is 10.0 Å². The third kappa shape index (κ3) is 5.03. The molecule has 0 aliphatic carbocycles. The van der Waals surface area contributed by atoms with Crippen LogP contribution in [0.1, 0.15) is 18.4 Å². The van der Waals surface area contributed by atoms with Crippen LogP contribution in [-0.2, 0) is 13.1 Å². The summed E-state index contributed by atoms with van der Waals surface area (Å²) < 4.78 is 28.8. The quantitative estimate of drug-likeness (QED) is 0.301. The van der Waals surface area contributed by atoms with Crippen LogP contribution < -0.4 is 16.4 Å². The first-order valence-corrected chi connectivity index (χ1v) is 12.0. The lowest BCUT2D eigenvalue weighted by Crippen LogP contribution is -2.32. The van der Waals surface area contributed by atoms with Gasteiger partial charge in [0.15, 0.2) is 17.3 Å². The predicted octanol–water partition coefficient (Wildman–Crippen LogP) is 5.27. The highest BCUT2D eigenvalue weighted by Crippen LogP contribution is 2.38. The van der Waals surface area contributed by atoms with E-state index >= 15 is 0 Å². The van der Waals surface area contributed by atoms with E-state index in [0.29, 0.717) is 62.3 Å². The Morgan fingerprint density at radius 3 is 2.63 bits per heavy atom. The van der Waals surface area contributed by atoms with Gasteiger partial charge in [-0.25, -0.2) is 18.7 Å². The van der Waals surface area contributed by atoms with Crippen LogP contribution in [0.3, 0.4) is 0 Å². The summed E-state index contributed by atoms with van der Waals surface area (Å²) >= 11 is 13.1. The average molecular weight is 518 g/mol. The van der Waals surface area contributed by atoms with Gasteiger partial charge >= 0.3 is 0 Å². The maximum absolute atomic E-state index is 13.6. The fourth-order valence-corrected chi connectivity index (χ4v) is 5.02. The molecule has 1 fully saturated rings. The van der Waals surface area contributed by atoms with Crippen molar-refractivity contribution in [2.45, 2.75) is 25.9 Å². The largest absolute Gasteiger partial charge is 0.399 e. The fourth-order valence-electron chi connectivity index (χ4n) is 4.34. The molecule has 4 N–H and O–H groups in total. The van der Waals surface area contributed by atoms with Crippen molar-refractivity contribution >= 4 is 46.0 Å². The normalized spacial score (nSPS) is 16.1. The number of hydrogen-bond acceptors (Lipinski definition) is 6. The summed E-state index contributed by atoms with van der Waals surface area (Å²) in [6.45, 7) is 2.78. The molecular formula is C24H23Cl2F2N7. The van der Waals surface area contributed by atoms with Crippen molar-refractivity contribution in [2.75, 3.05) is 24.1 Å². The fraction of sp³-hybridized carbons (Fsp3) is 0.292. The lowest BCUT2D eigenvalue weighted by atomic mass is 9.99. The number of piperidine rings is 1. The zero-order chi connectivity index (χ0) is 24.5. The maximum atomic E-state index is 13.6. The molecule has 1 saturated heterocycles. The summed E-state index contributed by atoms with van der Waals surface area (Å²) in [7, 11) is 0. The zero-order valence-electron chi connectivity index (χ0n) is 18.7. The number of fused-ring (bicyclic) bond motifs is 1. The first-order chi connectivity index (χ1) is 16.9. The summed E-state index contributed by atoms with van der Waals surface area (Å²) in [6, 6.07) is 7.04. The van der Waals surface area contributed by atoms with Crippen molar-refractivity contribution in [3.05, 3.63) is 63.8 Å². The zero-order valence-corrected chi connectivity index (χ0v) is 20.2. The maximum Gasteiger partial charge on any atom is 0.225 e. The van der Waals surface area contributed by atoms with E-state index in [-0.39, 0.29) is 6.54 Å². The van der Waals surface area contributed by atoms with Crippen LogP contribution in [0, 0.1) is 17.6 Å². The van der Waals surface area contributed by atoms with Crippen LogP contribution in [0.25, 0.3) is 22.6 Å². The van der Waals surface area contributed by atoms with E-state index < -0.39 is 11.6 Å². The minimum Gasteiger partial charge on any atom is -0.399 e. The first kappa shape index (κ1) is 23.7. The minimum absolute atomic E-state index is 0.228. The Labute approximate surface area is 210 Å². The van der Waals surface area contributed by atoms with E-state index in [2.05, 4.69) is 15.6 Å². The molecule has 0 amide bonds. The first-order valence-electron chi connectivity index (χ1n) is 11.3. The van der Waals surface area contributed by atoms with Crippen LogP contribution >= 0.6 is 23.2 Å². The molecule has 182 valence electrons. The molecular weight excluding hydrogens is 495 g/mol. The molecule has 0 unspecified atom stereocenters. The summed E-state index contributed by atoms with van der Waals surface area (Å²) in [6.07, 6.45) is 3.78. The summed E-state index contributed by atoms with van der Waals surface area (Å²) in [5.41, 5.74) is 8.73. The number of nitrogens with zero attached hydrogens (tertiary/aromatic N) is 4. The van der Waals surface area contributed by atoms with E-state index in [9.17, 15) is 8.78 Å². The third-order valence-corrected chi connectivity index (χ3v) is 6.65. The van der Waals surface area contributed by atoms with Crippen molar-refractivity contribution in [1.29, 1.82) is 0 Å². The van der Waals surface area contributed by atoms with E-state index in [0.717, 1.165) is 38.1 Å². The number of nitrogens with one attached hydrogen (secondary N) is 2. The smallest absolute Gasteiger partial charge is 0.225 e. The Morgan fingerprint density at radius 2 is 1.91 bits per heavy atom. The standard InChI is InChI=1S/C24H23Cl2F2N7/c25-16-7-15(29)8-17(26)21(16)23-33-20-11-32-24(31-10-13-3-4-18(27)19(28)6-13)34-22(20)35(23)12-14-2-1-5-30-9-14/h3-4,6-8,11,14,30H,1-2,5,9-10,12,29H2,(H,31,32,34)/t14-/m1/s1. The number of aromatic nitrogens is 4. The summed E-state index contributed by atoms with van der Waals surface area (Å²) in [5.74, 6) is -0.486. The highest BCUT2D eigenvalue weighted by Gasteiger charge is 2.23. The molecule has 7 nitrogen and oxygen atoms in total. The second-order valence-electron chi connectivity index (χ2n) is 8.62. The van der Waals surface area contributed by atoms with E-state index in [1.54, 1.807) is 18.3 Å². The second-order valence-corrected chi connectivity index (χ2v) is 9.44. The number of benzene rings is 2. The topological polar surface area (TPSA) is 93.7 Å². The molecule has 0 bridgehead atoms. The van der Waals surface area contributed by atoms with E-state index in [1.807, 2.05) is 4.57 Å². The van der Waals surface area contributed by atoms with Crippen molar-refractivity contribution in [1.82, 2.24) is 24.8 Å². The van der Waals surface area contributed by atoms with Gasteiger partial charge in [-0.05, 0) is 61.7 Å². The van der Waals surface area contributed by atoms with Gasteiger partial charge in [-0.1, -0.05) is 29.3 Å². The predicted molar refractivity (Wildman–Crippen MR) is 134 cm³/mol. The lowest BCUT2D eigenvalue weighted by Gasteiger charge is -2.24. The summed E-state index contributed by atoms with van der Waals surface area (Å²) in [5, 5.41) is 7.32. The lowest BCUT2D eigenvalue weighted by molar-refractivity contribution is 0.341. The molecule has 3 heterocycles. The molecule has 35 heavy (non-hydrogen) atoms. The minimum atomic E-state index is -0.901. The third-order valence-electron chi connectivity index (χ3n) is 6.05. The molecule has 11 heteroatoms. The van der Waals surface area contributed by atoms with Crippen LogP contribution in [0.4, 0.5) is 20.4 Å². The number of hydrogen-bond donors (Lipinski definition) is 3. The highest BCUT2D eigenvalue weighted by molar-refractivity contribution is 6.39. The van der Waals surface area contributed by atoms with Gasteiger partial charge in [-0.3, -0.25) is 0 Å². The molecule has 1 aliphatic rings. The van der Waals surface area contributed by atoms with Crippen LogP contribution in [-0.4, -0.2) is 32.6 Å². The molecule has 0 saturated carbocycles. The molecule has 0 radical (unpaired) electrons. The molecule has 2 aromatic carbocycles. The van der Waals surface area contributed by atoms with Crippen molar-refractivity contribution in [3.63, 3.8) is 0 Å². The van der Waals surface area contributed by atoms with Gasteiger partial charge in [0.1, 0.15) is 11.3 Å².